The molecular weight excluding hydrogens is 304 g/mol. The summed E-state index contributed by atoms with van der Waals surface area (Å²) in [6, 6.07) is 3.48. The Hall–Kier alpha value is -0.290. The molecule has 0 saturated carbocycles. The van der Waals surface area contributed by atoms with Crippen LogP contribution in [-0.2, 0) is 0 Å². The fourth-order valence-corrected chi connectivity index (χ4v) is 2.14. The summed E-state index contributed by atoms with van der Waals surface area (Å²) < 4.78 is 0.704. The number of aliphatic hydroxyl groups excluding tert-OH is 1. The lowest BCUT2D eigenvalue weighted by Gasteiger charge is -2.23. The van der Waals surface area contributed by atoms with Gasteiger partial charge in [0.2, 0.25) is 0 Å². The van der Waals surface area contributed by atoms with Crippen molar-refractivity contribution in [2.24, 2.45) is 0 Å². The maximum absolute atomic E-state index is 10.0. The highest BCUT2D eigenvalue weighted by molar-refractivity contribution is 9.10. The van der Waals surface area contributed by atoms with Gasteiger partial charge in [-0.1, -0.05) is 11.6 Å². The predicted molar refractivity (Wildman–Crippen MR) is 76.3 cm³/mol. The molecule has 0 amide bonds. The third-order valence-corrected chi connectivity index (χ3v) is 3.28. The van der Waals surface area contributed by atoms with Crippen molar-refractivity contribution in [2.75, 3.05) is 12.3 Å². The molecule has 0 radical (unpaired) electrons. The number of nitrogens with one attached hydrogen (secondary N) is 1. The SMILES string of the molecule is CC(C)(C)NC[C@H](O)c1cc(Cl)c(N)c(Br)c1. The topological polar surface area (TPSA) is 58.3 Å². The predicted octanol–water partition coefficient (Wildman–Crippen LogP) is 3.11. The zero-order valence-electron chi connectivity index (χ0n) is 10.2. The minimum Gasteiger partial charge on any atom is -0.397 e. The maximum atomic E-state index is 10.0. The molecule has 1 atom stereocenters. The van der Waals surface area contributed by atoms with Crippen LogP contribution >= 0.6 is 27.5 Å². The van der Waals surface area contributed by atoms with E-state index in [4.69, 9.17) is 17.3 Å². The Balaban J connectivity index is 2.79. The van der Waals surface area contributed by atoms with Crippen molar-refractivity contribution in [3.8, 4) is 0 Å². The van der Waals surface area contributed by atoms with Crippen LogP contribution in [0.15, 0.2) is 16.6 Å². The van der Waals surface area contributed by atoms with Crippen LogP contribution in [0.3, 0.4) is 0 Å². The fraction of sp³-hybridized carbons (Fsp3) is 0.500. The van der Waals surface area contributed by atoms with Gasteiger partial charge in [-0.2, -0.15) is 0 Å². The first-order valence-electron chi connectivity index (χ1n) is 5.38. The van der Waals surface area contributed by atoms with Crippen LogP contribution in [0.5, 0.6) is 0 Å². The number of nitrogens with two attached hydrogens (primary N) is 1. The summed E-state index contributed by atoms with van der Waals surface area (Å²) in [5, 5.41) is 13.7. The van der Waals surface area contributed by atoms with Gasteiger partial charge in [0.1, 0.15) is 0 Å². The van der Waals surface area contributed by atoms with Gasteiger partial charge in [-0.05, 0) is 54.4 Å². The summed E-state index contributed by atoms with van der Waals surface area (Å²) in [4.78, 5) is 0. The van der Waals surface area contributed by atoms with E-state index >= 15 is 0 Å². The largest absolute Gasteiger partial charge is 0.397 e. The van der Waals surface area contributed by atoms with Crippen molar-refractivity contribution in [2.45, 2.75) is 32.4 Å². The quantitative estimate of drug-likeness (QED) is 0.750. The van der Waals surface area contributed by atoms with Gasteiger partial charge in [-0.15, -0.1) is 0 Å². The summed E-state index contributed by atoms with van der Waals surface area (Å²) in [5.74, 6) is 0. The van der Waals surface area contributed by atoms with Gasteiger partial charge < -0.3 is 16.2 Å². The van der Waals surface area contributed by atoms with Crippen LogP contribution < -0.4 is 11.1 Å². The Labute approximate surface area is 115 Å². The van der Waals surface area contributed by atoms with E-state index in [9.17, 15) is 5.11 Å². The number of hydrogen-bond acceptors (Lipinski definition) is 3. The molecule has 0 aliphatic rings. The molecule has 0 unspecified atom stereocenters. The van der Waals surface area contributed by atoms with E-state index in [2.05, 4.69) is 21.2 Å². The molecule has 0 aliphatic heterocycles. The average molecular weight is 322 g/mol. The van der Waals surface area contributed by atoms with E-state index < -0.39 is 6.10 Å². The Kier molecular flexibility index (Phi) is 4.84. The van der Waals surface area contributed by atoms with Gasteiger partial charge in [-0.25, -0.2) is 0 Å². The number of aliphatic hydroxyl groups is 1. The van der Waals surface area contributed by atoms with Gasteiger partial charge in [0.25, 0.3) is 0 Å². The molecule has 0 aromatic heterocycles. The second kappa shape index (κ2) is 5.57. The van der Waals surface area contributed by atoms with E-state index in [1.54, 1.807) is 12.1 Å². The van der Waals surface area contributed by atoms with Crippen LogP contribution in [0, 0.1) is 0 Å². The Morgan fingerprint density at radius 2 is 2.06 bits per heavy atom. The van der Waals surface area contributed by atoms with Gasteiger partial charge in [-0.3, -0.25) is 0 Å². The molecule has 0 aliphatic carbocycles. The highest BCUT2D eigenvalue weighted by Crippen LogP contribution is 2.31. The molecule has 0 spiro atoms. The first kappa shape index (κ1) is 14.8. The summed E-state index contributed by atoms with van der Waals surface area (Å²) in [6.45, 7) is 6.61. The first-order valence-corrected chi connectivity index (χ1v) is 6.55. The van der Waals surface area contributed by atoms with Crippen molar-refractivity contribution < 1.29 is 5.11 Å². The summed E-state index contributed by atoms with van der Waals surface area (Å²) in [5.41, 5.74) is 6.92. The highest BCUT2D eigenvalue weighted by Gasteiger charge is 2.15. The summed E-state index contributed by atoms with van der Waals surface area (Å²) >= 11 is 9.28. The summed E-state index contributed by atoms with van der Waals surface area (Å²) in [6.07, 6.45) is -0.608. The molecule has 1 rings (SSSR count). The molecule has 5 heteroatoms. The van der Waals surface area contributed by atoms with Crippen molar-refractivity contribution in [3.05, 3.63) is 27.2 Å². The van der Waals surface area contributed by atoms with Gasteiger partial charge in [0, 0.05) is 16.6 Å². The van der Waals surface area contributed by atoms with Gasteiger partial charge >= 0.3 is 0 Å². The van der Waals surface area contributed by atoms with Crippen LogP contribution in [-0.4, -0.2) is 17.2 Å². The zero-order chi connectivity index (χ0) is 13.2. The van der Waals surface area contributed by atoms with E-state index in [0.717, 1.165) is 5.56 Å². The van der Waals surface area contributed by atoms with Crippen molar-refractivity contribution in [1.82, 2.24) is 5.32 Å². The number of rotatable bonds is 3. The number of nitrogen functional groups attached to an aromatic ring is 1. The minimum absolute atomic E-state index is 0.0319. The normalized spacial score (nSPS) is 13.8. The molecule has 17 heavy (non-hydrogen) atoms. The van der Waals surface area contributed by atoms with Crippen molar-refractivity contribution in [1.29, 1.82) is 0 Å². The molecule has 0 bridgehead atoms. The first-order chi connectivity index (χ1) is 7.70. The molecule has 1 aromatic carbocycles. The fourth-order valence-electron chi connectivity index (χ4n) is 1.32. The Morgan fingerprint density at radius 3 is 2.53 bits per heavy atom. The lowest BCUT2D eigenvalue weighted by atomic mass is 10.1. The second-order valence-electron chi connectivity index (χ2n) is 5.04. The monoisotopic (exact) mass is 320 g/mol. The van der Waals surface area contributed by atoms with Crippen LogP contribution in [0.1, 0.15) is 32.4 Å². The van der Waals surface area contributed by atoms with Crippen LogP contribution in [0.4, 0.5) is 5.69 Å². The van der Waals surface area contributed by atoms with Gasteiger partial charge in [0.15, 0.2) is 0 Å². The van der Waals surface area contributed by atoms with Crippen molar-refractivity contribution >= 4 is 33.2 Å². The van der Waals surface area contributed by atoms with E-state index in [1.165, 1.54) is 0 Å². The maximum Gasteiger partial charge on any atom is 0.0915 e. The molecular formula is C12H18BrClN2O. The number of halogens is 2. The molecule has 0 fully saturated rings. The molecule has 4 N–H and O–H groups in total. The standard InChI is InChI=1S/C12H18BrClN2O/c1-12(2,3)16-6-10(17)7-4-8(13)11(15)9(14)5-7/h4-5,10,16-17H,6,15H2,1-3H3/t10-/m0/s1. The lowest BCUT2D eigenvalue weighted by Crippen LogP contribution is -2.38. The van der Waals surface area contributed by atoms with E-state index in [-0.39, 0.29) is 5.54 Å². The van der Waals surface area contributed by atoms with E-state index in [0.29, 0.717) is 21.7 Å². The molecule has 96 valence electrons. The number of β-amino-alcohol motifs (C(OH)–C–C–N with tert-alkyl or cyclic N) is 1. The minimum atomic E-state index is -0.608. The van der Waals surface area contributed by atoms with Crippen LogP contribution in [0.25, 0.3) is 0 Å². The molecule has 1 aromatic rings. The van der Waals surface area contributed by atoms with E-state index in [1.807, 2.05) is 20.8 Å². The van der Waals surface area contributed by atoms with Gasteiger partial charge in [0.05, 0.1) is 16.8 Å². The number of anilines is 1. The smallest absolute Gasteiger partial charge is 0.0915 e. The molecule has 0 heterocycles. The van der Waals surface area contributed by atoms with Crippen LogP contribution in [0.2, 0.25) is 5.02 Å². The Bertz CT molecular complexity index is 381. The average Bonchev–Trinajstić information content (AvgIpc) is 2.20. The lowest BCUT2D eigenvalue weighted by molar-refractivity contribution is 0.163. The highest BCUT2D eigenvalue weighted by atomic mass is 79.9. The number of benzene rings is 1. The van der Waals surface area contributed by atoms with Crippen molar-refractivity contribution in [3.63, 3.8) is 0 Å². The third kappa shape index (κ3) is 4.47. The third-order valence-electron chi connectivity index (χ3n) is 2.31. The molecule has 0 saturated heterocycles. The number of hydrogen-bond donors (Lipinski definition) is 3. The Morgan fingerprint density at radius 1 is 1.47 bits per heavy atom. The molecule has 3 nitrogen and oxygen atoms in total. The zero-order valence-corrected chi connectivity index (χ0v) is 12.6. The second-order valence-corrected chi connectivity index (χ2v) is 6.31. The summed E-state index contributed by atoms with van der Waals surface area (Å²) in [7, 11) is 0.